The zero-order valence-electron chi connectivity index (χ0n) is 9.17. The van der Waals surface area contributed by atoms with Gasteiger partial charge in [0.15, 0.2) is 0 Å². The molecule has 0 spiro atoms. The summed E-state index contributed by atoms with van der Waals surface area (Å²) in [4.78, 5) is 13.5. The Bertz CT molecular complexity index is 146. The number of rotatable bonds is 5. The maximum atomic E-state index is 11.6. The van der Waals surface area contributed by atoms with Crippen molar-refractivity contribution in [2.45, 2.75) is 45.8 Å². The average molecular weight is 203 g/mol. The fourth-order valence-corrected chi connectivity index (χ4v) is 2.30. The van der Waals surface area contributed by atoms with Gasteiger partial charge in [0.05, 0.1) is 0 Å². The summed E-state index contributed by atoms with van der Waals surface area (Å²) in [6.07, 6.45) is 2.28. The number of hydrogen-bond acceptors (Lipinski definition) is 2. The first-order valence-corrected chi connectivity index (χ1v) is 5.99. The molecule has 0 aromatic heterocycles. The normalized spacial score (nSPS) is 12.6. The second-order valence-electron chi connectivity index (χ2n) is 3.16. The lowest BCUT2D eigenvalue weighted by atomic mass is 10.3. The van der Waals surface area contributed by atoms with E-state index in [0.717, 1.165) is 25.9 Å². The Hall–Kier alpha value is -0.180. The van der Waals surface area contributed by atoms with Crippen LogP contribution in [-0.2, 0) is 0 Å². The van der Waals surface area contributed by atoms with Gasteiger partial charge in [-0.05, 0) is 20.3 Å². The molecule has 3 heteroatoms. The van der Waals surface area contributed by atoms with E-state index >= 15 is 0 Å². The first-order chi connectivity index (χ1) is 6.15. The third-order valence-corrected chi connectivity index (χ3v) is 3.12. The molecule has 0 aliphatic rings. The average Bonchev–Trinajstić information content (AvgIpc) is 2.06. The molecule has 13 heavy (non-hydrogen) atoms. The minimum Gasteiger partial charge on any atom is -0.334 e. The highest BCUT2D eigenvalue weighted by molar-refractivity contribution is 8.14. The second-order valence-corrected chi connectivity index (χ2v) is 4.55. The molecule has 0 saturated carbocycles. The summed E-state index contributed by atoms with van der Waals surface area (Å²) in [5.74, 6) is 0. The second kappa shape index (κ2) is 7.25. The highest BCUT2D eigenvalue weighted by Gasteiger charge is 2.13. The van der Waals surface area contributed by atoms with Crippen molar-refractivity contribution in [1.82, 2.24) is 4.90 Å². The van der Waals surface area contributed by atoms with Crippen molar-refractivity contribution in [3.8, 4) is 0 Å². The van der Waals surface area contributed by atoms with Crippen molar-refractivity contribution in [3.63, 3.8) is 0 Å². The molecular formula is C10H21NOS. The summed E-state index contributed by atoms with van der Waals surface area (Å²) in [6.45, 7) is 9.95. The molecule has 0 aromatic carbocycles. The van der Waals surface area contributed by atoms with Crippen molar-refractivity contribution in [3.05, 3.63) is 0 Å². The molecule has 1 amide bonds. The standard InChI is InChI=1S/C10H21NOS/c1-5-8-9(4)13-10(12)11(6-2)7-3/h9H,5-8H2,1-4H3. The van der Waals surface area contributed by atoms with Crippen LogP contribution in [0.5, 0.6) is 0 Å². The van der Waals surface area contributed by atoms with Gasteiger partial charge in [0.2, 0.25) is 0 Å². The number of nitrogens with zero attached hydrogens (tertiary/aromatic N) is 1. The largest absolute Gasteiger partial charge is 0.334 e. The fraction of sp³-hybridized carbons (Fsp3) is 0.900. The van der Waals surface area contributed by atoms with E-state index in [0.29, 0.717) is 5.25 Å². The molecule has 78 valence electrons. The van der Waals surface area contributed by atoms with Crippen LogP contribution in [0.1, 0.15) is 40.5 Å². The Kier molecular flexibility index (Phi) is 7.14. The minimum atomic E-state index is 0.228. The molecular weight excluding hydrogens is 182 g/mol. The SMILES string of the molecule is CCCC(C)SC(=O)N(CC)CC. The van der Waals surface area contributed by atoms with Gasteiger partial charge in [0.1, 0.15) is 0 Å². The topological polar surface area (TPSA) is 20.3 Å². The molecule has 1 atom stereocenters. The van der Waals surface area contributed by atoms with E-state index in [1.54, 1.807) is 0 Å². The lowest BCUT2D eigenvalue weighted by Gasteiger charge is -2.19. The predicted molar refractivity (Wildman–Crippen MR) is 60.3 cm³/mol. The van der Waals surface area contributed by atoms with Crippen LogP contribution in [-0.4, -0.2) is 28.5 Å². The fourth-order valence-electron chi connectivity index (χ4n) is 1.19. The van der Waals surface area contributed by atoms with Crippen LogP contribution in [0.15, 0.2) is 0 Å². The maximum Gasteiger partial charge on any atom is 0.281 e. The number of carbonyl (C=O) groups excluding carboxylic acids is 1. The molecule has 0 aliphatic carbocycles. The van der Waals surface area contributed by atoms with E-state index in [2.05, 4.69) is 13.8 Å². The van der Waals surface area contributed by atoms with Gasteiger partial charge in [-0.15, -0.1) is 0 Å². The summed E-state index contributed by atoms with van der Waals surface area (Å²) in [5.41, 5.74) is 0. The lowest BCUT2D eigenvalue weighted by molar-refractivity contribution is 0.228. The highest BCUT2D eigenvalue weighted by Crippen LogP contribution is 2.19. The third-order valence-electron chi connectivity index (χ3n) is 2.02. The van der Waals surface area contributed by atoms with Gasteiger partial charge in [-0.3, -0.25) is 4.79 Å². The number of thioether (sulfide) groups is 1. The van der Waals surface area contributed by atoms with Gasteiger partial charge in [0.25, 0.3) is 5.24 Å². The number of amides is 1. The van der Waals surface area contributed by atoms with E-state index in [-0.39, 0.29) is 5.24 Å². The summed E-state index contributed by atoms with van der Waals surface area (Å²) in [7, 11) is 0. The van der Waals surface area contributed by atoms with E-state index in [9.17, 15) is 4.79 Å². The van der Waals surface area contributed by atoms with E-state index in [1.165, 1.54) is 11.8 Å². The van der Waals surface area contributed by atoms with Crippen LogP contribution in [0.3, 0.4) is 0 Å². The van der Waals surface area contributed by atoms with Crippen molar-refractivity contribution >= 4 is 17.0 Å². The number of carbonyl (C=O) groups is 1. The molecule has 0 heterocycles. The molecule has 2 nitrogen and oxygen atoms in total. The van der Waals surface area contributed by atoms with E-state index in [1.807, 2.05) is 18.7 Å². The van der Waals surface area contributed by atoms with Crippen LogP contribution in [0, 0.1) is 0 Å². The lowest BCUT2D eigenvalue weighted by Crippen LogP contribution is -2.28. The first-order valence-electron chi connectivity index (χ1n) is 5.11. The van der Waals surface area contributed by atoms with Crippen LogP contribution in [0.25, 0.3) is 0 Å². The van der Waals surface area contributed by atoms with Gasteiger partial charge >= 0.3 is 0 Å². The molecule has 0 saturated heterocycles. The van der Waals surface area contributed by atoms with Crippen molar-refractivity contribution in [1.29, 1.82) is 0 Å². The van der Waals surface area contributed by atoms with Gasteiger partial charge in [-0.25, -0.2) is 0 Å². The Morgan fingerprint density at radius 1 is 1.31 bits per heavy atom. The minimum absolute atomic E-state index is 0.228. The zero-order valence-corrected chi connectivity index (χ0v) is 9.99. The zero-order chi connectivity index (χ0) is 10.3. The van der Waals surface area contributed by atoms with E-state index in [4.69, 9.17) is 0 Å². The van der Waals surface area contributed by atoms with Crippen molar-refractivity contribution in [2.75, 3.05) is 13.1 Å². The third kappa shape index (κ3) is 5.19. The molecule has 0 aromatic rings. The Balaban J connectivity index is 3.83. The molecule has 0 bridgehead atoms. The summed E-state index contributed by atoms with van der Waals surface area (Å²) in [5, 5.41) is 0.684. The predicted octanol–water partition coefficient (Wildman–Crippen LogP) is 3.37. The highest BCUT2D eigenvalue weighted by atomic mass is 32.2. The smallest absolute Gasteiger partial charge is 0.281 e. The monoisotopic (exact) mass is 203 g/mol. The van der Waals surface area contributed by atoms with Crippen LogP contribution < -0.4 is 0 Å². The first kappa shape index (κ1) is 12.8. The maximum absolute atomic E-state index is 11.6. The van der Waals surface area contributed by atoms with Gasteiger partial charge < -0.3 is 4.90 Å². The van der Waals surface area contributed by atoms with Crippen LogP contribution >= 0.6 is 11.8 Å². The number of hydrogen-bond donors (Lipinski definition) is 0. The van der Waals surface area contributed by atoms with E-state index < -0.39 is 0 Å². The Morgan fingerprint density at radius 3 is 2.23 bits per heavy atom. The summed E-state index contributed by atoms with van der Waals surface area (Å²) in [6, 6.07) is 0. The summed E-state index contributed by atoms with van der Waals surface area (Å²) < 4.78 is 0. The molecule has 1 unspecified atom stereocenters. The molecule has 0 fully saturated rings. The van der Waals surface area contributed by atoms with Gasteiger partial charge in [-0.2, -0.15) is 0 Å². The Morgan fingerprint density at radius 2 is 1.85 bits per heavy atom. The molecule has 0 N–H and O–H groups in total. The Labute approximate surface area is 86.1 Å². The van der Waals surface area contributed by atoms with Crippen molar-refractivity contribution in [2.24, 2.45) is 0 Å². The van der Waals surface area contributed by atoms with Gasteiger partial charge in [-0.1, -0.05) is 32.0 Å². The molecule has 0 rings (SSSR count). The molecule has 0 aliphatic heterocycles. The molecule has 0 radical (unpaired) electrons. The van der Waals surface area contributed by atoms with Gasteiger partial charge in [0, 0.05) is 18.3 Å². The van der Waals surface area contributed by atoms with Crippen LogP contribution in [0.4, 0.5) is 4.79 Å². The van der Waals surface area contributed by atoms with Crippen LogP contribution in [0.2, 0.25) is 0 Å². The summed E-state index contributed by atoms with van der Waals surface area (Å²) >= 11 is 1.47. The quantitative estimate of drug-likeness (QED) is 0.683. The van der Waals surface area contributed by atoms with Crippen molar-refractivity contribution < 1.29 is 4.79 Å².